The molecule has 8 N–H and O–H groups in total. The third-order valence-electron chi connectivity index (χ3n) is 5.75. The van der Waals surface area contributed by atoms with Crippen molar-refractivity contribution in [2.24, 2.45) is 5.14 Å². The number of halogens is 1. The summed E-state index contributed by atoms with van der Waals surface area (Å²) in [6, 6.07) is 10.2. The number of alkyl halides is 1. The molecule has 1 unspecified atom stereocenters. The highest BCUT2D eigenvalue weighted by Crippen LogP contribution is 2.28. The summed E-state index contributed by atoms with van der Waals surface area (Å²) in [6.45, 7) is -1.48. The van der Waals surface area contributed by atoms with Crippen LogP contribution in [-0.2, 0) is 31.0 Å². The highest BCUT2D eigenvalue weighted by atomic mass is 32.2. The minimum Gasteiger partial charge on any atom is -0.491 e. The number of hydrogen-bond acceptors (Lipinski definition) is 12. The summed E-state index contributed by atoms with van der Waals surface area (Å²) in [7, 11) is -3.91. The second-order valence-electron chi connectivity index (χ2n) is 9.29. The molecule has 0 saturated carbocycles. The monoisotopic (exact) mass is 641 g/mol. The zero-order valence-corrected chi connectivity index (χ0v) is 24.1. The molecule has 2 atom stereocenters. The number of fused-ring (bicyclic) bond motifs is 1. The number of carboxylic acid groups (broad SMARTS) is 1. The van der Waals surface area contributed by atoms with Gasteiger partial charge in [0, 0.05) is 0 Å². The molecule has 1 aliphatic rings. The van der Waals surface area contributed by atoms with Crippen LogP contribution < -0.4 is 30.9 Å². The number of carbonyl (C=O) groups excluding carboxylic acids is 1. The molecule has 15 nitrogen and oxygen atoms in total. The number of primary sulfonamides is 1. The van der Waals surface area contributed by atoms with Gasteiger partial charge in [-0.3, -0.25) is 9.80 Å². The molecule has 4 rings (SSSR count). The predicted octanol–water partition coefficient (Wildman–Crippen LogP) is -1.04. The summed E-state index contributed by atoms with van der Waals surface area (Å²) in [6.07, 6.45) is 0.392. The minimum absolute atomic E-state index is 0.0282. The quantitative estimate of drug-likeness (QED) is 0.103. The number of aliphatic hydroxyl groups is 1. The fraction of sp³-hybridized carbons (Fsp3) is 0.320. The third-order valence-corrected chi connectivity index (χ3v) is 8.08. The van der Waals surface area contributed by atoms with Gasteiger partial charge < -0.3 is 29.7 Å². The normalized spacial score (nSPS) is 14.8. The van der Waals surface area contributed by atoms with Crippen LogP contribution in [0.15, 0.2) is 58.7 Å². The van der Waals surface area contributed by atoms with Crippen LogP contribution in [0.1, 0.15) is 5.56 Å². The van der Waals surface area contributed by atoms with E-state index in [1.54, 1.807) is 54.1 Å². The Morgan fingerprint density at radius 3 is 2.70 bits per heavy atom. The van der Waals surface area contributed by atoms with Gasteiger partial charge in [0.05, 0.1) is 29.6 Å². The second-order valence-corrected chi connectivity index (χ2v) is 12.1. The maximum atomic E-state index is 12.5. The molecule has 1 aliphatic heterocycles. The summed E-state index contributed by atoms with van der Waals surface area (Å²) in [5, 5.41) is 27.8. The average Bonchev–Trinajstić information content (AvgIpc) is 3.61. The van der Waals surface area contributed by atoms with Crippen molar-refractivity contribution >= 4 is 43.5 Å². The van der Waals surface area contributed by atoms with E-state index < -0.39 is 40.7 Å². The van der Waals surface area contributed by atoms with Gasteiger partial charge in [0.2, 0.25) is 10.2 Å². The van der Waals surface area contributed by atoms with E-state index in [-0.39, 0.29) is 37.3 Å². The maximum Gasteiger partial charge on any atom is 0.328 e. The molecule has 3 aromatic rings. The number of rotatable bonds is 16. The number of ether oxygens (including phenoxy) is 3. The van der Waals surface area contributed by atoms with E-state index in [4.69, 9.17) is 19.3 Å². The molecule has 1 amide bonds. The molecule has 0 fully saturated rings. The van der Waals surface area contributed by atoms with E-state index in [1.165, 1.54) is 5.01 Å². The molecular formula is C25H30FN6O9S2+. The number of nitrogens with zero attached hydrogens (tertiary/aromatic N) is 2. The zero-order valence-electron chi connectivity index (χ0n) is 22.5. The fourth-order valence-electron chi connectivity index (χ4n) is 3.70. The van der Waals surface area contributed by atoms with Crippen LogP contribution in [0.25, 0.3) is 10.2 Å². The number of amides is 1. The van der Waals surface area contributed by atoms with E-state index in [1.807, 2.05) is 0 Å². The fourth-order valence-corrected chi connectivity index (χ4v) is 5.38. The highest BCUT2D eigenvalue weighted by molar-refractivity contribution is 7.91. The lowest BCUT2D eigenvalue weighted by atomic mass is 10.2. The molecule has 0 spiro atoms. The van der Waals surface area contributed by atoms with Crippen molar-refractivity contribution in [1.29, 1.82) is 0 Å². The molecule has 0 radical (unpaired) electrons. The van der Waals surface area contributed by atoms with Crippen molar-refractivity contribution in [2.75, 3.05) is 33.0 Å². The van der Waals surface area contributed by atoms with Crippen molar-refractivity contribution in [2.45, 2.75) is 23.1 Å². The molecular weight excluding hydrogens is 611 g/mol. The summed E-state index contributed by atoms with van der Waals surface area (Å²) in [5.74, 6) is -0.977. The molecule has 0 aliphatic carbocycles. The van der Waals surface area contributed by atoms with E-state index in [0.29, 0.717) is 33.0 Å². The molecule has 43 heavy (non-hydrogen) atoms. The molecule has 232 valence electrons. The Hall–Kier alpha value is -3.91. The van der Waals surface area contributed by atoms with E-state index in [9.17, 15) is 32.6 Å². The molecule has 0 bridgehead atoms. The summed E-state index contributed by atoms with van der Waals surface area (Å²) >= 11 is 0.932. The Labute approximate surface area is 249 Å². The Balaban J connectivity index is 1.22. The zero-order chi connectivity index (χ0) is 31.0. The summed E-state index contributed by atoms with van der Waals surface area (Å²) in [5.41, 5.74) is 6.31. The van der Waals surface area contributed by atoms with Gasteiger partial charge in [0.25, 0.3) is 10.0 Å². The Morgan fingerprint density at radius 2 is 1.95 bits per heavy atom. The number of sulfonamides is 1. The van der Waals surface area contributed by atoms with Gasteiger partial charge in [-0.25, -0.2) is 33.2 Å². The van der Waals surface area contributed by atoms with Gasteiger partial charge >= 0.3 is 5.97 Å². The Kier molecular flexibility index (Phi) is 10.8. The smallest absolute Gasteiger partial charge is 0.328 e. The predicted molar refractivity (Wildman–Crippen MR) is 149 cm³/mol. The van der Waals surface area contributed by atoms with Crippen LogP contribution in [0.3, 0.4) is 0 Å². The van der Waals surface area contributed by atoms with Gasteiger partial charge in [-0.1, -0.05) is 17.7 Å². The third kappa shape index (κ3) is 9.55. The number of nitrogens with two attached hydrogens (primary N) is 2. The van der Waals surface area contributed by atoms with E-state index in [0.717, 1.165) is 11.3 Å². The number of nitrogens with one attached hydrogen (secondary N) is 2. The number of aliphatic carboxylic acids is 1. The number of aromatic nitrogens is 1. The first kappa shape index (κ1) is 32.0. The second kappa shape index (κ2) is 14.5. The first-order valence-electron chi connectivity index (χ1n) is 12.7. The standard InChI is InChI=1S/C25H29FN6O9S2/c26-8-17(33)13-41-18-3-1-2-15(6-18)11-39-14-21(24(35)36)28-23(34)10-32-9-16(30-31-32)12-40-19-4-5-20-22(7-19)42-25(29-20)43(27,37)38/h1-7,9,17,21,30-31,33H,8,10-14H2,(H,28,34)(H,35,36)(H2,27,37,38)/p+1/t17?,21-/m0/s1. The van der Waals surface area contributed by atoms with E-state index in [2.05, 4.69) is 15.8 Å². The lowest BCUT2D eigenvalue weighted by molar-refractivity contribution is -0.677. The number of aliphatic hydroxyl groups excluding tert-OH is 1. The van der Waals surface area contributed by atoms with Crippen LogP contribution >= 0.6 is 11.3 Å². The van der Waals surface area contributed by atoms with E-state index >= 15 is 0 Å². The van der Waals surface area contributed by atoms with Crippen LogP contribution in [0, 0.1) is 0 Å². The lowest BCUT2D eigenvalue weighted by Gasteiger charge is -2.17. The van der Waals surface area contributed by atoms with Gasteiger partial charge in [-0.05, 0) is 35.9 Å². The van der Waals surface area contributed by atoms with Gasteiger partial charge in [0.15, 0.2) is 18.3 Å². The van der Waals surface area contributed by atoms with Crippen LogP contribution in [-0.4, -0.2) is 85.7 Å². The lowest BCUT2D eigenvalue weighted by Crippen LogP contribution is -2.91. The molecule has 2 heterocycles. The van der Waals surface area contributed by atoms with Crippen molar-refractivity contribution in [3.8, 4) is 11.5 Å². The average molecular weight is 642 g/mol. The Morgan fingerprint density at radius 1 is 1.16 bits per heavy atom. The Bertz CT molecular complexity index is 1590. The molecule has 2 aromatic carbocycles. The summed E-state index contributed by atoms with van der Waals surface area (Å²) < 4.78 is 52.4. The van der Waals surface area contributed by atoms with Crippen LogP contribution in [0.4, 0.5) is 4.39 Å². The summed E-state index contributed by atoms with van der Waals surface area (Å²) in [4.78, 5) is 28.2. The molecule has 18 heteroatoms. The number of hydrogen-bond donors (Lipinski definition) is 6. The molecule has 0 saturated heterocycles. The maximum absolute atomic E-state index is 12.5. The number of thiazole rings is 1. The van der Waals surface area contributed by atoms with Crippen LogP contribution in [0.2, 0.25) is 0 Å². The number of carboxylic acids is 1. The van der Waals surface area contributed by atoms with Gasteiger partial charge in [-0.15, -0.1) is 11.3 Å². The first-order chi connectivity index (χ1) is 20.5. The van der Waals surface area contributed by atoms with Gasteiger partial charge in [0.1, 0.15) is 37.4 Å². The minimum atomic E-state index is -3.91. The first-order valence-corrected chi connectivity index (χ1v) is 15.0. The topological polar surface area (TPSA) is 219 Å². The van der Waals surface area contributed by atoms with Crippen molar-refractivity contribution in [1.82, 2.24) is 20.8 Å². The molecule has 1 aromatic heterocycles. The number of quaternary nitrogens is 1. The highest BCUT2D eigenvalue weighted by Gasteiger charge is 2.24. The van der Waals surface area contributed by atoms with Crippen molar-refractivity contribution < 1.29 is 52.2 Å². The SMILES string of the molecule is NS(=O)(=O)c1nc2ccc(OCC3=CN(CC(=O)N[C@@H](COCc4cccc(OCC(O)CF)c4)C(=O)O)N[NH2+]3)cc2s1. The van der Waals surface area contributed by atoms with Crippen LogP contribution in [0.5, 0.6) is 11.5 Å². The van der Waals surface area contributed by atoms with Crippen molar-refractivity contribution in [3.63, 3.8) is 0 Å². The largest absolute Gasteiger partial charge is 0.491 e. The number of benzene rings is 2. The van der Waals surface area contributed by atoms with Gasteiger partial charge in [-0.2, -0.15) is 0 Å². The van der Waals surface area contributed by atoms with Crippen molar-refractivity contribution in [3.05, 3.63) is 59.9 Å². The number of hydrazine groups is 1. The number of carbonyl (C=O) groups is 2.